The summed E-state index contributed by atoms with van der Waals surface area (Å²) < 4.78 is 4.90. The maximum atomic E-state index is 11.3. The molecule has 0 aliphatic heterocycles. The number of amides is 2. The van der Waals surface area contributed by atoms with Crippen LogP contribution in [0.25, 0.3) is 0 Å². The highest BCUT2D eigenvalue weighted by Crippen LogP contribution is 2.10. The molecule has 0 bridgehead atoms. The van der Waals surface area contributed by atoms with E-state index in [4.69, 9.17) is 4.74 Å². The summed E-state index contributed by atoms with van der Waals surface area (Å²) in [6.07, 6.45) is 2.76. The van der Waals surface area contributed by atoms with Crippen LogP contribution in [0.4, 0.5) is 0 Å². The number of hydrazone groups is 1. The second-order valence-corrected chi connectivity index (χ2v) is 3.93. The smallest absolute Gasteiger partial charge is 0.329 e. The highest BCUT2D eigenvalue weighted by atomic mass is 16.5. The minimum absolute atomic E-state index is 0.184. The third-order valence-corrected chi connectivity index (χ3v) is 2.23. The SMILES string of the molecule is C=CCNC(=O)C(=O)N/N=C\c1ccc(OCC(=O)[O-])cc1. The maximum absolute atomic E-state index is 11.3. The Balaban J connectivity index is 2.46. The summed E-state index contributed by atoms with van der Waals surface area (Å²) >= 11 is 0. The lowest BCUT2D eigenvalue weighted by Crippen LogP contribution is -2.37. The molecule has 8 nitrogen and oxygen atoms in total. The van der Waals surface area contributed by atoms with Gasteiger partial charge in [-0.15, -0.1) is 6.58 Å². The van der Waals surface area contributed by atoms with Gasteiger partial charge in [-0.2, -0.15) is 5.10 Å². The zero-order valence-corrected chi connectivity index (χ0v) is 11.6. The molecular weight excluding hydrogens is 290 g/mol. The standard InChI is InChI=1S/C14H15N3O5/c1-2-7-15-13(20)14(21)17-16-8-10-3-5-11(6-4-10)22-9-12(18)19/h2-6,8H,1,7,9H2,(H,15,20)(H,17,21)(H,18,19)/p-1/b16-8-. The molecule has 0 spiro atoms. The fraction of sp³-hybridized carbons (Fsp3) is 0.143. The van der Waals surface area contributed by atoms with E-state index in [1.54, 1.807) is 12.1 Å². The van der Waals surface area contributed by atoms with Crippen LogP contribution in [0.2, 0.25) is 0 Å². The minimum Gasteiger partial charge on any atom is -0.546 e. The van der Waals surface area contributed by atoms with Gasteiger partial charge in [-0.3, -0.25) is 9.59 Å². The van der Waals surface area contributed by atoms with Crippen molar-refractivity contribution in [2.75, 3.05) is 13.2 Å². The van der Waals surface area contributed by atoms with Gasteiger partial charge in [-0.1, -0.05) is 6.08 Å². The van der Waals surface area contributed by atoms with Crippen molar-refractivity contribution in [3.63, 3.8) is 0 Å². The van der Waals surface area contributed by atoms with Crippen LogP contribution in [0, 0.1) is 0 Å². The summed E-state index contributed by atoms with van der Waals surface area (Å²) in [5, 5.41) is 16.1. The first-order chi connectivity index (χ1) is 10.5. The molecule has 1 aromatic carbocycles. The Morgan fingerprint density at radius 1 is 1.23 bits per heavy atom. The van der Waals surface area contributed by atoms with Gasteiger partial charge in [0.05, 0.1) is 12.2 Å². The van der Waals surface area contributed by atoms with Crippen LogP contribution in [-0.2, 0) is 14.4 Å². The number of ether oxygens (including phenoxy) is 1. The molecule has 0 atom stereocenters. The lowest BCUT2D eigenvalue weighted by atomic mass is 10.2. The van der Waals surface area contributed by atoms with Gasteiger partial charge in [0.2, 0.25) is 0 Å². The number of carbonyl (C=O) groups is 3. The Kier molecular flexibility index (Phi) is 6.84. The number of hydrogen-bond acceptors (Lipinski definition) is 6. The molecule has 0 radical (unpaired) electrons. The summed E-state index contributed by atoms with van der Waals surface area (Å²) in [4.78, 5) is 32.7. The van der Waals surface area contributed by atoms with Crippen molar-refractivity contribution >= 4 is 24.0 Å². The van der Waals surface area contributed by atoms with Crippen molar-refractivity contribution in [2.45, 2.75) is 0 Å². The highest BCUT2D eigenvalue weighted by molar-refractivity contribution is 6.35. The van der Waals surface area contributed by atoms with E-state index in [1.165, 1.54) is 24.4 Å². The number of hydrogen-bond donors (Lipinski definition) is 2. The van der Waals surface area contributed by atoms with E-state index < -0.39 is 24.4 Å². The monoisotopic (exact) mass is 304 g/mol. The van der Waals surface area contributed by atoms with Crippen LogP contribution < -0.4 is 20.6 Å². The lowest BCUT2D eigenvalue weighted by molar-refractivity contribution is -0.307. The van der Waals surface area contributed by atoms with Gasteiger partial charge in [0.1, 0.15) is 12.4 Å². The molecule has 1 rings (SSSR count). The van der Waals surface area contributed by atoms with E-state index in [0.29, 0.717) is 11.3 Å². The van der Waals surface area contributed by atoms with Crippen molar-refractivity contribution in [1.82, 2.24) is 10.7 Å². The van der Waals surface area contributed by atoms with Crippen molar-refractivity contribution in [3.05, 3.63) is 42.5 Å². The average Bonchev–Trinajstić information content (AvgIpc) is 2.51. The van der Waals surface area contributed by atoms with E-state index in [0.717, 1.165) is 0 Å². The van der Waals surface area contributed by atoms with E-state index in [1.807, 2.05) is 0 Å². The zero-order chi connectivity index (χ0) is 16.4. The molecule has 2 N–H and O–H groups in total. The first-order valence-corrected chi connectivity index (χ1v) is 6.17. The first kappa shape index (κ1) is 16.9. The predicted octanol–water partition coefficient (Wildman–Crippen LogP) is -1.43. The normalized spacial score (nSPS) is 10.0. The van der Waals surface area contributed by atoms with Gasteiger partial charge in [-0.25, -0.2) is 5.43 Å². The largest absolute Gasteiger partial charge is 0.546 e. The molecule has 116 valence electrons. The molecule has 0 aromatic heterocycles. The zero-order valence-electron chi connectivity index (χ0n) is 11.6. The van der Waals surface area contributed by atoms with Crippen LogP contribution in [0.1, 0.15) is 5.56 Å². The molecule has 0 aliphatic carbocycles. The van der Waals surface area contributed by atoms with E-state index >= 15 is 0 Å². The average molecular weight is 304 g/mol. The molecule has 1 aromatic rings. The molecule has 0 fully saturated rings. The van der Waals surface area contributed by atoms with E-state index in [-0.39, 0.29) is 6.54 Å². The molecule has 0 unspecified atom stereocenters. The quantitative estimate of drug-likeness (QED) is 0.277. The maximum Gasteiger partial charge on any atom is 0.329 e. The Hall–Kier alpha value is -3.16. The van der Waals surface area contributed by atoms with Crippen molar-refractivity contribution in [1.29, 1.82) is 0 Å². The number of carbonyl (C=O) groups excluding carboxylic acids is 3. The molecule has 22 heavy (non-hydrogen) atoms. The van der Waals surface area contributed by atoms with E-state index in [9.17, 15) is 19.5 Å². The third kappa shape index (κ3) is 6.33. The Labute approximate surface area is 126 Å². The molecule has 8 heteroatoms. The number of carboxylic acid groups (broad SMARTS) is 1. The molecule has 0 aliphatic rings. The van der Waals surface area contributed by atoms with Gasteiger partial charge in [0, 0.05) is 6.54 Å². The van der Waals surface area contributed by atoms with Crippen molar-refractivity contribution in [3.8, 4) is 5.75 Å². The number of aliphatic carboxylic acids is 1. The number of benzene rings is 1. The van der Waals surface area contributed by atoms with E-state index in [2.05, 4.69) is 22.4 Å². The molecule has 2 amide bonds. The summed E-state index contributed by atoms with van der Waals surface area (Å²) in [7, 11) is 0. The molecule has 0 heterocycles. The van der Waals surface area contributed by atoms with Gasteiger partial charge in [0.15, 0.2) is 0 Å². The predicted molar refractivity (Wildman–Crippen MR) is 75.9 cm³/mol. The number of rotatable bonds is 7. The van der Waals surface area contributed by atoms with Crippen LogP contribution >= 0.6 is 0 Å². The molecule has 0 saturated carbocycles. The Bertz CT molecular complexity index is 581. The number of nitrogens with one attached hydrogen (secondary N) is 2. The Morgan fingerprint density at radius 3 is 2.50 bits per heavy atom. The summed E-state index contributed by atoms with van der Waals surface area (Å²) in [6.45, 7) is 3.05. The van der Waals surface area contributed by atoms with Crippen LogP contribution in [0.5, 0.6) is 5.75 Å². The summed E-state index contributed by atoms with van der Waals surface area (Å²) in [5.74, 6) is -2.67. The van der Waals surface area contributed by atoms with Gasteiger partial charge >= 0.3 is 11.8 Å². The summed E-state index contributed by atoms with van der Waals surface area (Å²) in [6, 6.07) is 6.25. The minimum atomic E-state index is -1.32. The first-order valence-electron chi connectivity index (χ1n) is 6.17. The van der Waals surface area contributed by atoms with Gasteiger partial charge in [0.25, 0.3) is 0 Å². The molecular formula is C14H14N3O5-. The van der Waals surface area contributed by atoms with Crippen LogP contribution in [0.15, 0.2) is 42.0 Å². The number of nitrogens with zero attached hydrogens (tertiary/aromatic N) is 1. The van der Waals surface area contributed by atoms with Crippen molar-refractivity contribution in [2.24, 2.45) is 5.10 Å². The topological polar surface area (TPSA) is 120 Å². The lowest BCUT2D eigenvalue weighted by Gasteiger charge is -2.06. The number of carboxylic acids is 1. The third-order valence-electron chi connectivity index (χ3n) is 2.23. The van der Waals surface area contributed by atoms with Gasteiger partial charge in [-0.05, 0) is 29.8 Å². The van der Waals surface area contributed by atoms with Crippen LogP contribution in [0.3, 0.4) is 0 Å². The second kappa shape index (κ2) is 8.90. The van der Waals surface area contributed by atoms with Crippen molar-refractivity contribution < 1.29 is 24.2 Å². The fourth-order valence-corrected chi connectivity index (χ4v) is 1.25. The van der Waals surface area contributed by atoms with Gasteiger partial charge < -0.3 is 20.0 Å². The second-order valence-electron chi connectivity index (χ2n) is 3.93. The Morgan fingerprint density at radius 2 is 1.91 bits per heavy atom. The van der Waals surface area contributed by atoms with Crippen LogP contribution in [-0.4, -0.2) is 37.1 Å². The summed E-state index contributed by atoms with van der Waals surface area (Å²) in [5.41, 5.74) is 2.68. The highest BCUT2D eigenvalue weighted by Gasteiger charge is 2.10. The molecule has 0 saturated heterocycles. The fourth-order valence-electron chi connectivity index (χ4n) is 1.25.